The van der Waals surface area contributed by atoms with Crippen molar-refractivity contribution in [2.45, 2.75) is 38.4 Å². The summed E-state index contributed by atoms with van der Waals surface area (Å²) in [7, 11) is 0. The van der Waals surface area contributed by atoms with Crippen LogP contribution in [0.15, 0.2) is 5.38 Å². The topological polar surface area (TPSA) is 51.8 Å². The molecule has 1 aromatic heterocycles. The third-order valence-electron chi connectivity index (χ3n) is 3.49. The molecule has 3 nitrogen and oxygen atoms in total. The molecule has 2 unspecified atom stereocenters. The third kappa shape index (κ3) is 1.26. The van der Waals surface area contributed by atoms with Gasteiger partial charge in [-0.3, -0.25) is 0 Å². The zero-order chi connectivity index (χ0) is 10.4. The molecule has 0 spiro atoms. The second-order valence-corrected chi connectivity index (χ2v) is 5.18. The van der Waals surface area contributed by atoms with Crippen LogP contribution in [0.2, 0.25) is 0 Å². The predicted molar refractivity (Wildman–Crippen MR) is 53.8 cm³/mol. The van der Waals surface area contributed by atoms with Crippen LogP contribution in [0.25, 0.3) is 0 Å². The first-order valence-corrected chi connectivity index (χ1v) is 5.50. The zero-order valence-corrected chi connectivity index (χ0v) is 9.14. The Labute approximate surface area is 86.7 Å². The van der Waals surface area contributed by atoms with Crippen molar-refractivity contribution < 1.29 is 4.39 Å². The molecule has 1 fully saturated rings. The van der Waals surface area contributed by atoms with E-state index in [2.05, 4.69) is 9.59 Å². The number of hydrogen-bond acceptors (Lipinski definition) is 4. The van der Waals surface area contributed by atoms with E-state index in [0.29, 0.717) is 12.8 Å². The smallest absolute Gasteiger partial charge is 0.124 e. The molecule has 0 radical (unpaired) electrons. The lowest BCUT2D eigenvalue weighted by atomic mass is 9.55. The van der Waals surface area contributed by atoms with Gasteiger partial charge in [-0.05, 0) is 18.0 Å². The fourth-order valence-electron chi connectivity index (χ4n) is 1.92. The average Bonchev–Trinajstić information content (AvgIpc) is 2.56. The molecule has 2 rings (SSSR count). The molecular weight excluding hydrogens is 201 g/mol. The number of nitrogens with two attached hydrogens (primary N) is 1. The van der Waals surface area contributed by atoms with Gasteiger partial charge in [0, 0.05) is 23.3 Å². The van der Waals surface area contributed by atoms with E-state index in [-0.39, 0.29) is 6.04 Å². The zero-order valence-electron chi connectivity index (χ0n) is 8.33. The highest BCUT2D eigenvalue weighted by Gasteiger charge is 2.59. The van der Waals surface area contributed by atoms with E-state index < -0.39 is 11.1 Å². The van der Waals surface area contributed by atoms with Crippen molar-refractivity contribution in [1.82, 2.24) is 9.59 Å². The number of halogens is 1. The summed E-state index contributed by atoms with van der Waals surface area (Å²) in [6.45, 7) is 3.75. The molecule has 5 heteroatoms. The van der Waals surface area contributed by atoms with Gasteiger partial charge < -0.3 is 5.73 Å². The standard InChI is InChI=1S/C9H14FN3S/c1-8(2)7(11)4-9(8,10)3-6-5-14-13-12-6/h5,7H,3-4,11H2,1-2H3. The molecule has 2 atom stereocenters. The molecule has 0 aliphatic heterocycles. The van der Waals surface area contributed by atoms with Crippen molar-refractivity contribution in [2.24, 2.45) is 11.1 Å². The van der Waals surface area contributed by atoms with E-state index in [0.717, 1.165) is 5.69 Å². The van der Waals surface area contributed by atoms with Gasteiger partial charge in [0.2, 0.25) is 0 Å². The first-order valence-electron chi connectivity index (χ1n) is 4.66. The summed E-state index contributed by atoms with van der Waals surface area (Å²) < 4.78 is 18.1. The first-order chi connectivity index (χ1) is 6.46. The highest BCUT2D eigenvalue weighted by molar-refractivity contribution is 7.03. The molecule has 1 aliphatic carbocycles. The maximum Gasteiger partial charge on any atom is 0.124 e. The molecule has 2 N–H and O–H groups in total. The molecule has 14 heavy (non-hydrogen) atoms. The normalized spacial score (nSPS) is 35.3. The predicted octanol–water partition coefficient (Wildman–Crippen LogP) is 1.55. The monoisotopic (exact) mass is 215 g/mol. The minimum atomic E-state index is -1.21. The first kappa shape index (κ1) is 9.98. The van der Waals surface area contributed by atoms with Gasteiger partial charge in [0.25, 0.3) is 0 Å². The second-order valence-electron chi connectivity index (χ2n) is 4.57. The van der Waals surface area contributed by atoms with Crippen molar-refractivity contribution >= 4 is 11.5 Å². The quantitative estimate of drug-likeness (QED) is 0.814. The number of rotatable bonds is 2. The van der Waals surface area contributed by atoms with E-state index in [4.69, 9.17) is 5.73 Å². The third-order valence-corrected chi connectivity index (χ3v) is 4.05. The van der Waals surface area contributed by atoms with Crippen LogP contribution < -0.4 is 5.73 Å². The average molecular weight is 215 g/mol. The van der Waals surface area contributed by atoms with Gasteiger partial charge in [0.1, 0.15) is 5.67 Å². The van der Waals surface area contributed by atoms with Crippen LogP contribution in [-0.2, 0) is 6.42 Å². The lowest BCUT2D eigenvalue weighted by molar-refractivity contribution is -0.101. The number of hydrogen-bond donors (Lipinski definition) is 1. The van der Waals surface area contributed by atoms with Crippen LogP contribution in [0, 0.1) is 5.41 Å². The summed E-state index contributed by atoms with van der Waals surface area (Å²) in [5.41, 5.74) is 4.87. The fourth-order valence-corrected chi connectivity index (χ4v) is 2.37. The van der Waals surface area contributed by atoms with Gasteiger partial charge in [-0.25, -0.2) is 4.39 Å². The van der Waals surface area contributed by atoms with Crippen LogP contribution in [-0.4, -0.2) is 21.3 Å². The molecule has 0 amide bonds. The molecule has 1 heterocycles. The van der Waals surface area contributed by atoms with Gasteiger partial charge in [0.05, 0.1) is 5.69 Å². The summed E-state index contributed by atoms with van der Waals surface area (Å²) in [5, 5.41) is 5.65. The van der Waals surface area contributed by atoms with Crippen LogP contribution in [0.5, 0.6) is 0 Å². The fraction of sp³-hybridized carbons (Fsp3) is 0.778. The molecule has 0 saturated heterocycles. The van der Waals surface area contributed by atoms with E-state index in [1.165, 1.54) is 11.5 Å². The number of nitrogens with zero attached hydrogens (tertiary/aromatic N) is 2. The Morgan fingerprint density at radius 3 is 2.86 bits per heavy atom. The number of aromatic nitrogens is 2. The summed E-state index contributed by atoms with van der Waals surface area (Å²) in [5.74, 6) is 0. The van der Waals surface area contributed by atoms with Crippen LogP contribution in [0.4, 0.5) is 4.39 Å². The Bertz CT molecular complexity index is 325. The maximum atomic E-state index is 14.4. The Balaban J connectivity index is 2.12. The van der Waals surface area contributed by atoms with E-state index in [1.807, 2.05) is 13.8 Å². The second kappa shape index (κ2) is 2.97. The van der Waals surface area contributed by atoms with Gasteiger partial charge in [-0.1, -0.05) is 18.3 Å². The lowest BCUT2D eigenvalue weighted by Crippen LogP contribution is -2.65. The Morgan fingerprint density at radius 2 is 2.43 bits per heavy atom. The van der Waals surface area contributed by atoms with Crippen molar-refractivity contribution in [3.63, 3.8) is 0 Å². The molecule has 0 aromatic carbocycles. The highest BCUT2D eigenvalue weighted by Crippen LogP contribution is 2.52. The molecule has 1 aliphatic rings. The minimum absolute atomic E-state index is 0.0425. The van der Waals surface area contributed by atoms with Gasteiger partial charge >= 0.3 is 0 Å². The largest absolute Gasteiger partial charge is 0.327 e. The SMILES string of the molecule is CC1(C)C(N)CC1(F)Cc1csnn1. The lowest BCUT2D eigenvalue weighted by Gasteiger charge is -2.55. The number of alkyl halides is 1. The van der Waals surface area contributed by atoms with Crippen LogP contribution >= 0.6 is 11.5 Å². The van der Waals surface area contributed by atoms with Crippen molar-refractivity contribution in [3.05, 3.63) is 11.1 Å². The molecule has 1 saturated carbocycles. The molecular formula is C9H14FN3S. The van der Waals surface area contributed by atoms with E-state index in [1.54, 1.807) is 5.38 Å². The summed E-state index contributed by atoms with van der Waals surface area (Å²) in [6, 6.07) is -0.0425. The van der Waals surface area contributed by atoms with Gasteiger partial charge in [-0.2, -0.15) is 0 Å². The summed E-state index contributed by atoms with van der Waals surface area (Å²) in [6.07, 6.45) is 0.766. The van der Waals surface area contributed by atoms with Crippen LogP contribution in [0.3, 0.4) is 0 Å². The van der Waals surface area contributed by atoms with Crippen molar-refractivity contribution in [1.29, 1.82) is 0 Å². The Morgan fingerprint density at radius 1 is 1.71 bits per heavy atom. The van der Waals surface area contributed by atoms with Crippen LogP contribution in [0.1, 0.15) is 26.0 Å². The van der Waals surface area contributed by atoms with Crippen molar-refractivity contribution in [2.75, 3.05) is 0 Å². The minimum Gasteiger partial charge on any atom is -0.327 e. The summed E-state index contributed by atoms with van der Waals surface area (Å²) in [4.78, 5) is 0. The Hall–Kier alpha value is -0.550. The van der Waals surface area contributed by atoms with Crippen molar-refractivity contribution in [3.8, 4) is 0 Å². The van der Waals surface area contributed by atoms with Gasteiger partial charge in [-0.15, -0.1) is 5.10 Å². The molecule has 0 bridgehead atoms. The summed E-state index contributed by atoms with van der Waals surface area (Å²) >= 11 is 1.26. The highest BCUT2D eigenvalue weighted by atomic mass is 32.1. The Kier molecular flexibility index (Phi) is 2.12. The van der Waals surface area contributed by atoms with E-state index >= 15 is 0 Å². The maximum absolute atomic E-state index is 14.4. The van der Waals surface area contributed by atoms with Gasteiger partial charge in [0.15, 0.2) is 0 Å². The molecule has 1 aromatic rings. The van der Waals surface area contributed by atoms with E-state index in [9.17, 15) is 4.39 Å². The molecule has 78 valence electrons.